The van der Waals surface area contributed by atoms with Crippen LogP contribution >= 0.6 is 27.3 Å². The fourth-order valence-corrected chi connectivity index (χ4v) is 3.57. The highest BCUT2D eigenvalue weighted by atomic mass is 79.9. The average molecular weight is 327 g/mol. The predicted molar refractivity (Wildman–Crippen MR) is 71.2 cm³/mol. The van der Waals surface area contributed by atoms with Crippen LogP contribution in [0.5, 0.6) is 0 Å². The Morgan fingerprint density at radius 2 is 2.25 bits per heavy atom. The van der Waals surface area contributed by atoms with Crippen molar-refractivity contribution in [2.45, 2.75) is 13.5 Å². The lowest BCUT2D eigenvalue weighted by atomic mass is 10.4. The lowest BCUT2D eigenvalue weighted by Gasteiger charge is -2.05. The van der Waals surface area contributed by atoms with Gasteiger partial charge in [0.05, 0.1) is 5.75 Å². The summed E-state index contributed by atoms with van der Waals surface area (Å²) in [7, 11) is -3.10. The fraction of sp³-hybridized carbons (Fsp3) is 0.556. The summed E-state index contributed by atoms with van der Waals surface area (Å²) in [6.45, 7) is 3.39. The summed E-state index contributed by atoms with van der Waals surface area (Å²) >= 11 is 5.01. The maximum Gasteiger partial charge on any atom is 0.212 e. The van der Waals surface area contributed by atoms with Gasteiger partial charge in [-0.3, -0.25) is 0 Å². The first-order valence-corrected chi connectivity index (χ1v) is 8.27. The molecule has 0 radical (unpaired) electrons. The molecule has 1 aromatic heterocycles. The van der Waals surface area contributed by atoms with Gasteiger partial charge in [-0.1, -0.05) is 6.92 Å². The first-order chi connectivity index (χ1) is 7.53. The van der Waals surface area contributed by atoms with Gasteiger partial charge in [-0.25, -0.2) is 13.1 Å². The first-order valence-electron chi connectivity index (χ1n) is 4.94. The van der Waals surface area contributed by atoms with Crippen molar-refractivity contribution in [3.63, 3.8) is 0 Å². The molecule has 0 unspecified atom stereocenters. The van der Waals surface area contributed by atoms with E-state index in [1.807, 2.05) is 11.4 Å². The number of halogens is 1. The van der Waals surface area contributed by atoms with E-state index in [0.29, 0.717) is 19.6 Å². The van der Waals surface area contributed by atoms with Gasteiger partial charge in [-0.15, -0.1) is 11.3 Å². The topological polar surface area (TPSA) is 58.2 Å². The molecule has 0 aliphatic carbocycles. The zero-order chi connectivity index (χ0) is 12.0. The molecular formula is C9H15BrN2O2S2. The van der Waals surface area contributed by atoms with Gasteiger partial charge < -0.3 is 5.32 Å². The molecule has 0 aromatic carbocycles. The minimum absolute atomic E-state index is 0.118. The van der Waals surface area contributed by atoms with Crippen molar-refractivity contribution in [1.29, 1.82) is 0 Å². The molecule has 0 aliphatic heterocycles. The lowest BCUT2D eigenvalue weighted by Crippen LogP contribution is -2.31. The molecule has 0 bridgehead atoms. The van der Waals surface area contributed by atoms with Crippen molar-refractivity contribution in [1.82, 2.24) is 10.0 Å². The van der Waals surface area contributed by atoms with Gasteiger partial charge in [0.15, 0.2) is 0 Å². The van der Waals surface area contributed by atoms with Crippen LogP contribution in [0.3, 0.4) is 0 Å². The van der Waals surface area contributed by atoms with Gasteiger partial charge in [0, 0.05) is 34.4 Å². The van der Waals surface area contributed by atoms with Crippen molar-refractivity contribution in [3.05, 3.63) is 20.8 Å². The van der Waals surface area contributed by atoms with Crippen LogP contribution in [0, 0.1) is 0 Å². The zero-order valence-corrected chi connectivity index (χ0v) is 12.2. The van der Waals surface area contributed by atoms with Crippen LogP contribution in [-0.2, 0) is 16.6 Å². The maximum absolute atomic E-state index is 11.3. The van der Waals surface area contributed by atoms with Crippen LogP contribution in [0.4, 0.5) is 0 Å². The molecule has 0 atom stereocenters. The van der Waals surface area contributed by atoms with E-state index in [0.717, 1.165) is 4.47 Å². The number of thiophene rings is 1. The van der Waals surface area contributed by atoms with Gasteiger partial charge in [-0.05, 0) is 22.0 Å². The fourth-order valence-electron chi connectivity index (χ4n) is 1.16. The van der Waals surface area contributed by atoms with Crippen molar-refractivity contribution < 1.29 is 8.42 Å². The van der Waals surface area contributed by atoms with E-state index in [1.54, 1.807) is 18.3 Å². The highest BCUT2D eigenvalue weighted by Crippen LogP contribution is 2.19. The molecule has 0 fully saturated rings. The highest BCUT2D eigenvalue weighted by Gasteiger charge is 2.07. The number of hydrogen-bond donors (Lipinski definition) is 2. The number of sulfonamides is 1. The number of rotatable bonds is 7. The summed E-state index contributed by atoms with van der Waals surface area (Å²) in [5.41, 5.74) is 0. The lowest BCUT2D eigenvalue weighted by molar-refractivity contribution is 0.579. The van der Waals surface area contributed by atoms with Crippen molar-refractivity contribution in [3.8, 4) is 0 Å². The van der Waals surface area contributed by atoms with E-state index in [4.69, 9.17) is 0 Å². The molecule has 4 nitrogen and oxygen atoms in total. The Morgan fingerprint density at radius 1 is 1.50 bits per heavy atom. The quantitative estimate of drug-likeness (QED) is 0.747. The molecule has 1 aromatic rings. The van der Waals surface area contributed by atoms with E-state index >= 15 is 0 Å². The minimum atomic E-state index is -3.10. The third kappa shape index (κ3) is 5.40. The summed E-state index contributed by atoms with van der Waals surface area (Å²) < 4.78 is 26.1. The summed E-state index contributed by atoms with van der Waals surface area (Å²) in [5.74, 6) is 0.118. The second-order valence-electron chi connectivity index (χ2n) is 3.22. The molecule has 0 saturated carbocycles. The number of nitrogens with one attached hydrogen (secondary N) is 2. The van der Waals surface area contributed by atoms with E-state index in [1.165, 1.54) is 4.88 Å². The van der Waals surface area contributed by atoms with Crippen LogP contribution in [0.1, 0.15) is 11.8 Å². The second kappa shape index (κ2) is 6.70. The number of hydrogen-bond acceptors (Lipinski definition) is 4. The Morgan fingerprint density at radius 3 is 2.81 bits per heavy atom. The Kier molecular flexibility index (Phi) is 5.91. The summed E-state index contributed by atoms with van der Waals surface area (Å²) in [4.78, 5) is 1.19. The van der Waals surface area contributed by atoms with Crippen LogP contribution in [0.15, 0.2) is 15.9 Å². The van der Waals surface area contributed by atoms with E-state index < -0.39 is 10.0 Å². The second-order valence-corrected chi connectivity index (χ2v) is 7.06. The Labute approximate surface area is 109 Å². The standard InChI is InChI=1S/C9H15BrN2O2S2/c1-2-12-16(13,14)4-3-11-6-9-5-8(10)7-15-9/h5,7,11-12H,2-4,6H2,1H3. The molecule has 92 valence electrons. The highest BCUT2D eigenvalue weighted by molar-refractivity contribution is 9.10. The van der Waals surface area contributed by atoms with E-state index in [2.05, 4.69) is 26.0 Å². The van der Waals surface area contributed by atoms with Crippen molar-refractivity contribution in [2.75, 3.05) is 18.8 Å². The monoisotopic (exact) mass is 326 g/mol. The molecule has 0 aliphatic rings. The van der Waals surface area contributed by atoms with Crippen molar-refractivity contribution >= 4 is 37.3 Å². The third-order valence-corrected chi connectivity index (χ3v) is 5.00. The zero-order valence-electron chi connectivity index (χ0n) is 8.99. The molecule has 16 heavy (non-hydrogen) atoms. The van der Waals surface area contributed by atoms with Gasteiger partial charge in [-0.2, -0.15) is 0 Å². The van der Waals surface area contributed by atoms with Crippen LogP contribution in [-0.4, -0.2) is 27.3 Å². The van der Waals surface area contributed by atoms with Gasteiger partial charge in [0.1, 0.15) is 0 Å². The smallest absolute Gasteiger partial charge is 0.212 e. The predicted octanol–water partition coefficient (Wildman–Crippen LogP) is 1.54. The summed E-state index contributed by atoms with van der Waals surface area (Å²) in [6, 6.07) is 2.02. The van der Waals surface area contributed by atoms with Crippen LogP contribution in [0.25, 0.3) is 0 Å². The van der Waals surface area contributed by atoms with Gasteiger partial charge in [0.2, 0.25) is 10.0 Å². The summed E-state index contributed by atoms with van der Waals surface area (Å²) in [6.07, 6.45) is 0. The molecule has 0 spiro atoms. The molecule has 2 N–H and O–H groups in total. The normalized spacial score (nSPS) is 11.9. The van der Waals surface area contributed by atoms with E-state index in [-0.39, 0.29) is 5.75 Å². The third-order valence-electron chi connectivity index (χ3n) is 1.83. The van der Waals surface area contributed by atoms with E-state index in [9.17, 15) is 8.42 Å². The molecule has 1 heterocycles. The first kappa shape index (κ1) is 14.1. The molecule has 7 heteroatoms. The molecule has 1 rings (SSSR count). The van der Waals surface area contributed by atoms with Crippen LogP contribution in [0.2, 0.25) is 0 Å². The SMILES string of the molecule is CCNS(=O)(=O)CCNCc1cc(Br)cs1. The van der Waals surface area contributed by atoms with Crippen molar-refractivity contribution in [2.24, 2.45) is 0 Å². The Bertz CT molecular complexity index is 417. The molecule has 0 amide bonds. The average Bonchev–Trinajstić information content (AvgIpc) is 2.59. The molecular weight excluding hydrogens is 312 g/mol. The van der Waals surface area contributed by atoms with Gasteiger partial charge >= 0.3 is 0 Å². The maximum atomic E-state index is 11.3. The van der Waals surface area contributed by atoms with Crippen LogP contribution < -0.4 is 10.0 Å². The minimum Gasteiger partial charge on any atom is -0.311 e. The largest absolute Gasteiger partial charge is 0.311 e. The Balaban J connectivity index is 2.22. The van der Waals surface area contributed by atoms with Gasteiger partial charge in [0.25, 0.3) is 0 Å². The Hall–Kier alpha value is 0.0500. The summed E-state index contributed by atoms with van der Waals surface area (Å²) in [5, 5.41) is 5.11. The molecule has 0 saturated heterocycles.